The fraction of sp³-hybridized carbons (Fsp3) is 0.176. The summed E-state index contributed by atoms with van der Waals surface area (Å²) < 4.78 is 40.8. The Morgan fingerprint density at radius 3 is 2.31 bits per heavy atom. The summed E-state index contributed by atoms with van der Waals surface area (Å²) in [5.41, 5.74) is 0.273. The first-order valence-corrected chi connectivity index (χ1v) is 9.62. The minimum absolute atomic E-state index is 0.00763. The molecule has 1 amide bonds. The van der Waals surface area contributed by atoms with E-state index in [0.717, 1.165) is 18.4 Å². The molecule has 138 valence electrons. The Morgan fingerprint density at radius 2 is 1.77 bits per heavy atom. The normalized spacial score (nSPS) is 12.3. The van der Waals surface area contributed by atoms with Crippen molar-refractivity contribution in [3.63, 3.8) is 0 Å². The van der Waals surface area contributed by atoms with Gasteiger partial charge in [0.15, 0.2) is 15.9 Å². The number of amides is 1. The van der Waals surface area contributed by atoms with Crippen LogP contribution in [-0.4, -0.2) is 32.7 Å². The van der Waals surface area contributed by atoms with Crippen molar-refractivity contribution in [2.24, 2.45) is 0 Å². The molecule has 0 fully saturated rings. The van der Waals surface area contributed by atoms with E-state index < -0.39 is 33.6 Å². The molecule has 1 N–H and O–H groups in total. The summed E-state index contributed by atoms with van der Waals surface area (Å²) in [5.74, 6) is -2.00. The van der Waals surface area contributed by atoms with Gasteiger partial charge in [-0.15, -0.1) is 0 Å². The summed E-state index contributed by atoms with van der Waals surface area (Å²) >= 11 is 5.82. The van der Waals surface area contributed by atoms with Crippen LogP contribution in [0.25, 0.3) is 0 Å². The molecule has 0 radical (unpaired) electrons. The van der Waals surface area contributed by atoms with Crippen molar-refractivity contribution in [2.45, 2.75) is 17.9 Å². The molecular weight excluding hydrogens is 385 g/mol. The zero-order valence-electron chi connectivity index (χ0n) is 13.8. The van der Waals surface area contributed by atoms with Crippen molar-refractivity contribution in [1.82, 2.24) is 0 Å². The quantitative estimate of drug-likeness (QED) is 0.780. The molecule has 9 heteroatoms. The third-order valence-corrected chi connectivity index (χ3v) is 4.80. The van der Waals surface area contributed by atoms with E-state index in [9.17, 15) is 22.4 Å². The molecule has 0 aromatic heterocycles. The molecule has 0 saturated carbocycles. The van der Waals surface area contributed by atoms with Gasteiger partial charge in [0.1, 0.15) is 5.82 Å². The van der Waals surface area contributed by atoms with Crippen LogP contribution >= 0.6 is 11.6 Å². The van der Waals surface area contributed by atoms with Gasteiger partial charge in [-0.2, -0.15) is 0 Å². The van der Waals surface area contributed by atoms with Gasteiger partial charge in [0.2, 0.25) is 0 Å². The lowest BCUT2D eigenvalue weighted by molar-refractivity contribution is -0.123. The first kappa shape index (κ1) is 19.9. The number of esters is 1. The number of anilines is 1. The van der Waals surface area contributed by atoms with Crippen LogP contribution in [0.1, 0.15) is 17.3 Å². The summed E-state index contributed by atoms with van der Waals surface area (Å²) in [5, 5.41) is 2.44. The second-order valence-electron chi connectivity index (χ2n) is 5.46. The summed E-state index contributed by atoms with van der Waals surface area (Å²) in [6.45, 7) is 1.36. The van der Waals surface area contributed by atoms with E-state index in [4.69, 9.17) is 16.3 Å². The number of ether oxygens (including phenoxy) is 1. The predicted octanol–water partition coefficient (Wildman–Crippen LogP) is 3.07. The van der Waals surface area contributed by atoms with Gasteiger partial charge in [0.25, 0.3) is 5.91 Å². The third-order valence-electron chi connectivity index (χ3n) is 3.36. The lowest BCUT2D eigenvalue weighted by Crippen LogP contribution is -2.30. The third kappa shape index (κ3) is 5.03. The van der Waals surface area contributed by atoms with E-state index in [1.807, 2.05) is 0 Å². The first-order valence-electron chi connectivity index (χ1n) is 7.35. The second-order valence-corrected chi connectivity index (χ2v) is 7.88. The summed E-state index contributed by atoms with van der Waals surface area (Å²) in [4.78, 5) is 24.2. The molecule has 0 saturated heterocycles. The Bertz CT molecular complexity index is 944. The number of carbonyl (C=O) groups is 2. The molecule has 1 atom stereocenters. The maximum Gasteiger partial charge on any atom is 0.338 e. The van der Waals surface area contributed by atoms with Crippen LogP contribution in [0.3, 0.4) is 0 Å². The second kappa shape index (κ2) is 7.84. The van der Waals surface area contributed by atoms with Crippen molar-refractivity contribution in [2.75, 3.05) is 11.6 Å². The fourth-order valence-corrected chi connectivity index (χ4v) is 2.79. The number of sulfone groups is 1. The van der Waals surface area contributed by atoms with E-state index in [1.165, 1.54) is 37.3 Å². The lowest BCUT2D eigenvalue weighted by Gasteiger charge is -2.14. The van der Waals surface area contributed by atoms with Crippen LogP contribution < -0.4 is 5.32 Å². The Morgan fingerprint density at radius 1 is 1.15 bits per heavy atom. The zero-order valence-corrected chi connectivity index (χ0v) is 15.4. The van der Waals surface area contributed by atoms with E-state index in [2.05, 4.69) is 5.32 Å². The largest absolute Gasteiger partial charge is 0.449 e. The maximum atomic E-state index is 13.0. The first-order chi connectivity index (χ1) is 12.1. The molecule has 0 bridgehead atoms. The highest BCUT2D eigenvalue weighted by molar-refractivity contribution is 7.90. The van der Waals surface area contributed by atoms with Crippen LogP contribution in [0.4, 0.5) is 10.1 Å². The SMILES string of the molecule is C[C@@H](OC(=O)c1ccc(S(C)(=O)=O)cc1)C(=O)Nc1ccc(F)cc1Cl. The summed E-state index contributed by atoms with van der Waals surface area (Å²) in [6, 6.07) is 8.58. The van der Waals surface area contributed by atoms with Gasteiger partial charge in [-0.1, -0.05) is 11.6 Å². The summed E-state index contributed by atoms with van der Waals surface area (Å²) in [7, 11) is -3.38. The van der Waals surface area contributed by atoms with Crippen LogP contribution in [-0.2, 0) is 19.4 Å². The molecule has 0 heterocycles. The predicted molar refractivity (Wildman–Crippen MR) is 94.5 cm³/mol. The molecule has 2 aromatic rings. The number of hydrogen-bond donors (Lipinski definition) is 1. The Hall–Kier alpha value is -2.45. The van der Waals surface area contributed by atoms with Gasteiger partial charge < -0.3 is 10.1 Å². The van der Waals surface area contributed by atoms with Crippen molar-refractivity contribution in [1.29, 1.82) is 0 Å². The average Bonchev–Trinajstić information content (AvgIpc) is 2.56. The van der Waals surface area contributed by atoms with E-state index in [0.29, 0.717) is 0 Å². The number of benzene rings is 2. The van der Waals surface area contributed by atoms with Crippen LogP contribution in [0.2, 0.25) is 5.02 Å². The Balaban J connectivity index is 2.02. The lowest BCUT2D eigenvalue weighted by atomic mass is 10.2. The van der Waals surface area contributed by atoms with Crippen LogP contribution in [0, 0.1) is 5.82 Å². The van der Waals surface area contributed by atoms with Crippen LogP contribution in [0.5, 0.6) is 0 Å². The number of carbonyl (C=O) groups excluding carboxylic acids is 2. The van der Waals surface area contributed by atoms with Gasteiger partial charge >= 0.3 is 5.97 Å². The number of rotatable bonds is 5. The van der Waals surface area contributed by atoms with Gasteiger partial charge in [0, 0.05) is 6.26 Å². The summed E-state index contributed by atoms with van der Waals surface area (Å²) in [6.07, 6.45) is -0.106. The highest BCUT2D eigenvalue weighted by Crippen LogP contribution is 2.22. The van der Waals surface area contributed by atoms with E-state index in [-0.39, 0.29) is 21.2 Å². The molecule has 0 spiro atoms. The van der Waals surface area contributed by atoms with E-state index in [1.54, 1.807) is 0 Å². The Kier molecular flexibility index (Phi) is 5.99. The molecule has 0 aliphatic heterocycles. The van der Waals surface area contributed by atoms with Crippen molar-refractivity contribution in [3.05, 3.63) is 58.9 Å². The van der Waals surface area contributed by atoms with Gasteiger partial charge in [-0.25, -0.2) is 17.6 Å². The molecule has 2 aromatic carbocycles. The van der Waals surface area contributed by atoms with Crippen molar-refractivity contribution >= 4 is 39.0 Å². The Labute approximate surface area is 154 Å². The molecule has 2 rings (SSSR count). The van der Waals surface area contributed by atoms with Crippen molar-refractivity contribution in [3.8, 4) is 0 Å². The fourth-order valence-electron chi connectivity index (χ4n) is 1.95. The monoisotopic (exact) mass is 399 g/mol. The molecule has 26 heavy (non-hydrogen) atoms. The zero-order chi connectivity index (χ0) is 19.5. The molecule has 0 aliphatic rings. The van der Waals surface area contributed by atoms with Gasteiger partial charge in [0.05, 0.1) is 21.2 Å². The standard InChI is InChI=1S/C17H15ClFNO5S/c1-10(16(21)20-15-8-5-12(19)9-14(15)18)25-17(22)11-3-6-13(7-4-11)26(2,23)24/h3-10H,1-2H3,(H,20,21)/t10-/m1/s1. The maximum absolute atomic E-state index is 13.0. The van der Waals surface area contributed by atoms with Crippen molar-refractivity contribution < 1.29 is 27.1 Å². The number of hydrogen-bond acceptors (Lipinski definition) is 5. The number of nitrogens with one attached hydrogen (secondary N) is 1. The van der Waals surface area contributed by atoms with Gasteiger partial charge in [-0.05, 0) is 49.4 Å². The topological polar surface area (TPSA) is 89.5 Å². The smallest absolute Gasteiger partial charge is 0.338 e. The highest BCUT2D eigenvalue weighted by atomic mass is 35.5. The minimum Gasteiger partial charge on any atom is -0.449 e. The molecule has 6 nitrogen and oxygen atoms in total. The highest BCUT2D eigenvalue weighted by Gasteiger charge is 2.20. The average molecular weight is 400 g/mol. The molecule has 0 unspecified atom stereocenters. The molecular formula is C17H15ClFNO5S. The van der Waals surface area contributed by atoms with E-state index >= 15 is 0 Å². The molecule has 0 aliphatic carbocycles. The minimum atomic E-state index is -3.38. The van der Waals surface area contributed by atoms with Crippen LogP contribution in [0.15, 0.2) is 47.4 Å². The number of halogens is 2. The van der Waals surface area contributed by atoms with Gasteiger partial charge in [-0.3, -0.25) is 4.79 Å².